The zero-order valence-corrected chi connectivity index (χ0v) is 16.8. The Kier molecular flexibility index (Phi) is 7.17. The summed E-state index contributed by atoms with van der Waals surface area (Å²) in [6.07, 6.45) is 3.52. The number of anilines is 1. The highest BCUT2D eigenvalue weighted by Gasteiger charge is 2.10. The normalized spacial score (nSPS) is 10.4. The lowest BCUT2D eigenvalue weighted by Crippen LogP contribution is -2.14. The van der Waals surface area contributed by atoms with Gasteiger partial charge in [0.2, 0.25) is 5.91 Å². The van der Waals surface area contributed by atoms with Crippen LogP contribution < -0.4 is 14.8 Å². The number of nitrogens with zero attached hydrogens (tertiary/aromatic N) is 1. The summed E-state index contributed by atoms with van der Waals surface area (Å²) in [6, 6.07) is 16.2. The van der Waals surface area contributed by atoms with Crippen molar-refractivity contribution in [3.05, 3.63) is 77.6 Å². The standard InChI is InChI=1S/C21H19ClN2O3S/c1-26-17-5-7-18(8-6-17)27-20-9-4-16(22)11-19(20)24-21(25)14-28-13-15-3-2-10-23-12-15/h2-12H,13-14H2,1H3,(H,24,25). The minimum Gasteiger partial charge on any atom is -0.497 e. The Morgan fingerprint density at radius 3 is 2.64 bits per heavy atom. The van der Waals surface area contributed by atoms with Gasteiger partial charge in [-0.1, -0.05) is 17.7 Å². The highest BCUT2D eigenvalue weighted by molar-refractivity contribution is 7.99. The van der Waals surface area contributed by atoms with Gasteiger partial charge in [0.05, 0.1) is 18.6 Å². The molecule has 3 rings (SSSR count). The van der Waals surface area contributed by atoms with E-state index >= 15 is 0 Å². The molecule has 144 valence electrons. The first-order valence-electron chi connectivity index (χ1n) is 8.52. The van der Waals surface area contributed by atoms with E-state index in [4.69, 9.17) is 21.1 Å². The molecule has 1 aromatic heterocycles. The van der Waals surface area contributed by atoms with Gasteiger partial charge in [0, 0.05) is 23.2 Å². The van der Waals surface area contributed by atoms with E-state index in [0.717, 1.165) is 11.3 Å². The molecular formula is C21H19ClN2O3S. The van der Waals surface area contributed by atoms with E-state index in [1.54, 1.807) is 62.0 Å². The van der Waals surface area contributed by atoms with Crippen LogP contribution >= 0.6 is 23.4 Å². The second-order valence-corrected chi connectivity index (χ2v) is 7.24. The maximum Gasteiger partial charge on any atom is 0.234 e. The van der Waals surface area contributed by atoms with Gasteiger partial charge in [0.25, 0.3) is 0 Å². The van der Waals surface area contributed by atoms with Crippen molar-refractivity contribution < 1.29 is 14.3 Å². The molecule has 7 heteroatoms. The predicted octanol–water partition coefficient (Wildman–Crippen LogP) is 5.41. The third-order valence-corrected chi connectivity index (χ3v) is 4.97. The molecular weight excluding hydrogens is 396 g/mol. The molecule has 1 N–H and O–H groups in total. The number of carbonyl (C=O) groups is 1. The van der Waals surface area contributed by atoms with Gasteiger partial charge < -0.3 is 14.8 Å². The van der Waals surface area contributed by atoms with Crippen LogP contribution in [0.5, 0.6) is 17.2 Å². The maximum absolute atomic E-state index is 12.3. The third-order valence-electron chi connectivity index (χ3n) is 3.73. The predicted molar refractivity (Wildman–Crippen MR) is 114 cm³/mol. The molecule has 5 nitrogen and oxygen atoms in total. The van der Waals surface area contributed by atoms with E-state index in [9.17, 15) is 4.79 Å². The molecule has 0 radical (unpaired) electrons. The van der Waals surface area contributed by atoms with E-state index in [1.807, 2.05) is 12.1 Å². The summed E-state index contributed by atoms with van der Waals surface area (Å²) in [7, 11) is 1.61. The number of thioether (sulfide) groups is 1. The molecule has 1 amide bonds. The van der Waals surface area contributed by atoms with Crippen molar-refractivity contribution in [3.63, 3.8) is 0 Å². The highest BCUT2D eigenvalue weighted by Crippen LogP contribution is 2.33. The molecule has 0 atom stereocenters. The molecule has 0 spiro atoms. The van der Waals surface area contributed by atoms with Crippen LogP contribution in [0.25, 0.3) is 0 Å². The first-order valence-corrected chi connectivity index (χ1v) is 10.1. The maximum atomic E-state index is 12.3. The number of carbonyl (C=O) groups excluding carboxylic acids is 1. The number of amides is 1. The van der Waals surface area contributed by atoms with Crippen molar-refractivity contribution in [1.29, 1.82) is 0 Å². The van der Waals surface area contributed by atoms with Crippen molar-refractivity contribution in [2.45, 2.75) is 5.75 Å². The minimum atomic E-state index is -0.129. The number of pyridine rings is 1. The molecule has 0 saturated heterocycles. The first kappa shape index (κ1) is 20.0. The van der Waals surface area contributed by atoms with Crippen LogP contribution in [-0.2, 0) is 10.5 Å². The lowest BCUT2D eigenvalue weighted by molar-refractivity contribution is -0.113. The fourth-order valence-electron chi connectivity index (χ4n) is 2.39. The Labute approximate surface area is 173 Å². The van der Waals surface area contributed by atoms with E-state index in [0.29, 0.717) is 33.7 Å². The number of hydrogen-bond acceptors (Lipinski definition) is 5. The topological polar surface area (TPSA) is 60.5 Å². The third kappa shape index (κ3) is 5.90. The van der Waals surface area contributed by atoms with Crippen LogP contribution in [0.4, 0.5) is 5.69 Å². The number of benzene rings is 2. The summed E-state index contributed by atoms with van der Waals surface area (Å²) < 4.78 is 11.0. The van der Waals surface area contributed by atoms with Crippen LogP contribution in [0.2, 0.25) is 5.02 Å². The van der Waals surface area contributed by atoms with Crippen LogP contribution in [-0.4, -0.2) is 23.8 Å². The van der Waals surface area contributed by atoms with Gasteiger partial charge in [0.1, 0.15) is 11.5 Å². The number of methoxy groups -OCH3 is 1. The van der Waals surface area contributed by atoms with Crippen molar-refractivity contribution >= 4 is 35.0 Å². The van der Waals surface area contributed by atoms with Crippen molar-refractivity contribution in [1.82, 2.24) is 4.98 Å². The molecule has 0 saturated carbocycles. The summed E-state index contributed by atoms with van der Waals surface area (Å²) in [5.41, 5.74) is 1.60. The van der Waals surface area contributed by atoms with Crippen molar-refractivity contribution in [2.24, 2.45) is 0 Å². The van der Waals surface area contributed by atoms with Crippen molar-refractivity contribution in [2.75, 3.05) is 18.2 Å². The lowest BCUT2D eigenvalue weighted by atomic mass is 10.2. The Morgan fingerprint density at radius 2 is 1.93 bits per heavy atom. The second-order valence-electron chi connectivity index (χ2n) is 5.82. The Balaban J connectivity index is 1.62. The van der Waals surface area contributed by atoms with Crippen LogP contribution in [0, 0.1) is 0 Å². The van der Waals surface area contributed by atoms with E-state index < -0.39 is 0 Å². The number of aromatic nitrogens is 1. The number of halogens is 1. The molecule has 0 fully saturated rings. The van der Waals surface area contributed by atoms with Gasteiger partial charge in [-0.25, -0.2) is 0 Å². The fraction of sp³-hybridized carbons (Fsp3) is 0.143. The molecule has 3 aromatic rings. The van der Waals surface area contributed by atoms with Crippen LogP contribution in [0.1, 0.15) is 5.56 Å². The quantitative estimate of drug-likeness (QED) is 0.534. The summed E-state index contributed by atoms with van der Waals surface area (Å²) in [4.78, 5) is 16.4. The van der Waals surface area contributed by atoms with Crippen LogP contribution in [0.15, 0.2) is 67.0 Å². The van der Waals surface area contributed by atoms with Gasteiger partial charge in [0.15, 0.2) is 5.75 Å². The van der Waals surface area contributed by atoms with E-state index in [2.05, 4.69) is 10.3 Å². The lowest BCUT2D eigenvalue weighted by Gasteiger charge is -2.13. The van der Waals surface area contributed by atoms with E-state index in [1.165, 1.54) is 11.8 Å². The molecule has 0 aliphatic carbocycles. The Hall–Kier alpha value is -2.70. The van der Waals surface area contributed by atoms with Gasteiger partial charge in [-0.05, 0) is 54.1 Å². The molecule has 0 aliphatic heterocycles. The monoisotopic (exact) mass is 414 g/mol. The molecule has 0 bridgehead atoms. The number of hydrogen-bond donors (Lipinski definition) is 1. The largest absolute Gasteiger partial charge is 0.497 e. The smallest absolute Gasteiger partial charge is 0.234 e. The van der Waals surface area contributed by atoms with E-state index in [-0.39, 0.29) is 5.91 Å². The molecule has 1 heterocycles. The van der Waals surface area contributed by atoms with Gasteiger partial charge in [-0.15, -0.1) is 11.8 Å². The SMILES string of the molecule is COc1ccc(Oc2ccc(Cl)cc2NC(=O)CSCc2cccnc2)cc1. The first-order chi connectivity index (χ1) is 13.6. The fourth-order valence-corrected chi connectivity index (χ4v) is 3.33. The zero-order valence-electron chi connectivity index (χ0n) is 15.2. The summed E-state index contributed by atoms with van der Waals surface area (Å²) in [5.74, 6) is 2.78. The summed E-state index contributed by atoms with van der Waals surface area (Å²) in [6.45, 7) is 0. The zero-order chi connectivity index (χ0) is 19.8. The van der Waals surface area contributed by atoms with Gasteiger partial charge in [-0.2, -0.15) is 0 Å². The number of nitrogens with one attached hydrogen (secondary N) is 1. The molecule has 0 unspecified atom stereocenters. The highest BCUT2D eigenvalue weighted by atomic mass is 35.5. The summed E-state index contributed by atoms with van der Waals surface area (Å²) in [5, 5.41) is 3.39. The Morgan fingerprint density at radius 1 is 1.14 bits per heavy atom. The average molecular weight is 415 g/mol. The van der Waals surface area contributed by atoms with Crippen LogP contribution in [0.3, 0.4) is 0 Å². The van der Waals surface area contributed by atoms with Gasteiger partial charge >= 0.3 is 0 Å². The Bertz CT molecular complexity index is 921. The van der Waals surface area contributed by atoms with Crippen molar-refractivity contribution in [3.8, 4) is 17.2 Å². The molecule has 0 aliphatic rings. The minimum absolute atomic E-state index is 0.129. The summed E-state index contributed by atoms with van der Waals surface area (Å²) >= 11 is 7.60. The molecule has 2 aromatic carbocycles. The average Bonchev–Trinajstić information content (AvgIpc) is 2.71. The molecule has 28 heavy (non-hydrogen) atoms. The van der Waals surface area contributed by atoms with Gasteiger partial charge in [-0.3, -0.25) is 9.78 Å². The number of rotatable bonds is 8. The second kappa shape index (κ2) is 10.0. The number of ether oxygens (including phenoxy) is 2.